The van der Waals surface area contributed by atoms with E-state index in [0.717, 1.165) is 11.0 Å². The van der Waals surface area contributed by atoms with Crippen molar-refractivity contribution >= 4 is 17.8 Å². The van der Waals surface area contributed by atoms with E-state index in [1.807, 2.05) is 0 Å². The lowest BCUT2D eigenvalue weighted by Gasteiger charge is -2.33. The Morgan fingerprint density at radius 1 is 1.62 bits per heavy atom. The summed E-state index contributed by atoms with van der Waals surface area (Å²) in [7, 11) is 1.17. The van der Waals surface area contributed by atoms with E-state index in [0.29, 0.717) is 0 Å². The second-order valence-electron chi connectivity index (χ2n) is 3.39. The largest absolute Gasteiger partial charge is 0.479 e. The van der Waals surface area contributed by atoms with Gasteiger partial charge in [0.25, 0.3) is 0 Å². The van der Waals surface area contributed by atoms with Gasteiger partial charge in [0.15, 0.2) is 12.3 Å². The van der Waals surface area contributed by atoms with E-state index >= 15 is 0 Å². The number of carboxylic acid groups (broad SMARTS) is 1. The van der Waals surface area contributed by atoms with Crippen molar-refractivity contribution in [3.05, 3.63) is 11.8 Å². The van der Waals surface area contributed by atoms with Crippen LogP contribution in [0.4, 0.5) is 0 Å². The molecule has 16 heavy (non-hydrogen) atoms. The third-order valence-electron chi connectivity index (χ3n) is 2.46. The van der Waals surface area contributed by atoms with Crippen LogP contribution in [0.5, 0.6) is 0 Å². The summed E-state index contributed by atoms with van der Waals surface area (Å²) in [4.78, 5) is 34.2. The summed E-state index contributed by atoms with van der Waals surface area (Å²) in [6.45, 7) is 0. The maximum absolute atomic E-state index is 11.2. The Morgan fingerprint density at radius 2 is 2.31 bits per heavy atom. The molecule has 86 valence electrons. The molecule has 2 saturated heterocycles. The highest BCUT2D eigenvalue weighted by atomic mass is 16.5. The van der Waals surface area contributed by atoms with E-state index < -0.39 is 24.2 Å². The summed E-state index contributed by atoms with van der Waals surface area (Å²) in [6, 6.07) is -1.22. The fourth-order valence-electron chi connectivity index (χ4n) is 1.70. The second kappa shape index (κ2) is 3.51. The zero-order chi connectivity index (χ0) is 11.9. The average Bonchev–Trinajstić information content (AvgIpc) is 2.51. The minimum absolute atomic E-state index is 0.0600. The molecule has 0 aromatic heterocycles. The van der Waals surface area contributed by atoms with Gasteiger partial charge in [0, 0.05) is 0 Å². The number of nitrogens with zero attached hydrogens (tertiary/aromatic N) is 1. The van der Waals surface area contributed by atoms with Gasteiger partial charge in [-0.05, 0) is 0 Å². The van der Waals surface area contributed by atoms with Crippen molar-refractivity contribution < 1.29 is 29.0 Å². The second-order valence-corrected chi connectivity index (χ2v) is 3.39. The molecule has 7 heteroatoms. The van der Waals surface area contributed by atoms with Crippen LogP contribution in [-0.4, -0.2) is 47.2 Å². The topological polar surface area (TPSA) is 93.1 Å². The first-order valence-corrected chi connectivity index (χ1v) is 4.54. The predicted octanol–water partition coefficient (Wildman–Crippen LogP) is -0.915. The molecular formula is C9H9NO6. The minimum Gasteiger partial charge on any atom is -0.479 e. The Labute approximate surface area is 90.2 Å². The lowest BCUT2D eigenvalue weighted by Crippen LogP contribution is -2.54. The number of carbonyl (C=O) groups is 3. The van der Waals surface area contributed by atoms with Gasteiger partial charge in [-0.25, -0.2) is 9.59 Å². The van der Waals surface area contributed by atoms with Crippen LogP contribution in [0.2, 0.25) is 0 Å². The average molecular weight is 227 g/mol. The molecule has 7 nitrogen and oxygen atoms in total. The van der Waals surface area contributed by atoms with Crippen molar-refractivity contribution in [1.82, 2.24) is 4.90 Å². The quantitative estimate of drug-likeness (QED) is 0.372. The molecule has 1 amide bonds. The molecule has 0 aliphatic carbocycles. The highest BCUT2D eigenvalue weighted by Gasteiger charge is 2.53. The maximum atomic E-state index is 11.2. The van der Waals surface area contributed by atoms with Gasteiger partial charge in [0.2, 0.25) is 5.91 Å². The number of carbonyl (C=O) groups excluding carboxylic acids is 2. The number of rotatable bonds is 2. The lowest BCUT2D eigenvalue weighted by atomic mass is 10.1. The van der Waals surface area contributed by atoms with Gasteiger partial charge in [-0.3, -0.25) is 9.69 Å². The van der Waals surface area contributed by atoms with Crippen LogP contribution in [0.1, 0.15) is 6.42 Å². The molecule has 0 radical (unpaired) electrons. The molecule has 2 rings (SSSR count). The molecule has 2 aliphatic rings. The Kier molecular flexibility index (Phi) is 2.30. The van der Waals surface area contributed by atoms with Crippen molar-refractivity contribution in [2.45, 2.75) is 18.7 Å². The van der Waals surface area contributed by atoms with Crippen molar-refractivity contribution in [2.75, 3.05) is 7.11 Å². The van der Waals surface area contributed by atoms with Crippen molar-refractivity contribution in [2.24, 2.45) is 0 Å². The standard InChI is InChI=1S/C9H9NO6/c1-15-7(12)2-4-8(9(13)14)10-5(11)3-6(10)16-4/h2,6,8H,3H2,1H3,(H,13,14). The van der Waals surface area contributed by atoms with Crippen LogP contribution in [0.15, 0.2) is 11.8 Å². The van der Waals surface area contributed by atoms with Crippen LogP contribution >= 0.6 is 0 Å². The van der Waals surface area contributed by atoms with Crippen LogP contribution in [0.3, 0.4) is 0 Å². The summed E-state index contributed by atoms with van der Waals surface area (Å²) < 4.78 is 9.53. The number of methoxy groups -OCH3 is 1. The van der Waals surface area contributed by atoms with Gasteiger partial charge in [-0.2, -0.15) is 0 Å². The normalized spacial score (nSPS) is 29.4. The van der Waals surface area contributed by atoms with E-state index in [1.54, 1.807) is 0 Å². The van der Waals surface area contributed by atoms with Crippen molar-refractivity contribution in [3.63, 3.8) is 0 Å². The van der Waals surface area contributed by atoms with Gasteiger partial charge in [-0.15, -0.1) is 0 Å². The Morgan fingerprint density at radius 3 is 2.81 bits per heavy atom. The minimum atomic E-state index is -1.23. The zero-order valence-corrected chi connectivity index (χ0v) is 8.37. The fraction of sp³-hybridized carbons (Fsp3) is 0.444. The van der Waals surface area contributed by atoms with Crippen LogP contribution in [0.25, 0.3) is 0 Å². The molecule has 2 heterocycles. The van der Waals surface area contributed by atoms with Crippen LogP contribution in [-0.2, 0) is 23.9 Å². The van der Waals surface area contributed by atoms with Gasteiger partial charge >= 0.3 is 11.9 Å². The number of esters is 1. The number of ether oxygens (including phenoxy) is 2. The Bertz CT molecular complexity index is 401. The number of amides is 1. The SMILES string of the molecule is COC(=O)C=C1OC2CC(=O)N2C1C(=O)O. The van der Waals surface area contributed by atoms with Crippen molar-refractivity contribution in [1.29, 1.82) is 0 Å². The van der Waals surface area contributed by atoms with Crippen molar-refractivity contribution in [3.8, 4) is 0 Å². The van der Waals surface area contributed by atoms with E-state index in [9.17, 15) is 14.4 Å². The summed E-state index contributed by atoms with van der Waals surface area (Å²) in [6.07, 6.45) is 0.525. The molecule has 2 atom stereocenters. The first-order valence-electron chi connectivity index (χ1n) is 4.54. The van der Waals surface area contributed by atoms with E-state index in [4.69, 9.17) is 9.84 Å². The van der Waals surface area contributed by atoms with Gasteiger partial charge in [0.05, 0.1) is 19.6 Å². The number of fused-ring (bicyclic) bond motifs is 1. The molecule has 0 spiro atoms. The first kappa shape index (κ1) is 10.5. The predicted molar refractivity (Wildman–Crippen MR) is 47.9 cm³/mol. The van der Waals surface area contributed by atoms with E-state index in [2.05, 4.69) is 4.74 Å². The van der Waals surface area contributed by atoms with Gasteiger partial charge in [-0.1, -0.05) is 0 Å². The lowest BCUT2D eigenvalue weighted by molar-refractivity contribution is -0.163. The number of β-lactam (4-membered cyclic amide) rings is 1. The van der Waals surface area contributed by atoms with Crippen LogP contribution in [0, 0.1) is 0 Å². The molecule has 2 aliphatic heterocycles. The summed E-state index contributed by atoms with van der Waals surface area (Å²) in [5.41, 5.74) is 0. The first-order chi connectivity index (χ1) is 7.54. The summed E-state index contributed by atoms with van der Waals surface area (Å²) >= 11 is 0. The number of carboxylic acids is 1. The fourth-order valence-corrected chi connectivity index (χ4v) is 1.70. The molecule has 0 aromatic rings. The third-order valence-corrected chi connectivity index (χ3v) is 2.46. The Hall–Kier alpha value is -2.05. The van der Waals surface area contributed by atoms with Gasteiger partial charge < -0.3 is 14.6 Å². The molecule has 0 aromatic carbocycles. The highest BCUT2D eigenvalue weighted by molar-refractivity contribution is 5.93. The van der Waals surface area contributed by atoms with Crippen LogP contribution < -0.4 is 0 Å². The molecular weight excluding hydrogens is 218 g/mol. The molecule has 1 N–H and O–H groups in total. The zero-order valence-electron chi connectivity index (χ0n) is 8.37. The Balaban J connectivity index is 2.26. The highest BCUT2D eigenvalue weighted by Crippen LogP contribution is 2.36. The number of hydrogen-bond donors (Lipinski definition) is 1. The number of aliphatic carboxylic acids is 1. The summed E-state index contributed by atoms with van der Waals surface area (Å²) in [5, 5.41) is 8.94. The smallest absolute Gasteiger partial charge is 0.334 e. The van der Waals surface area contributed by atoms with Gasteiger partial charge in [0.1, 0.15) is 5.76 Å². The monoisotopic (exact) mass is 227 g/mol. The molecule has 2 fully saturated rings. The third kappa shape index (κ3) is 1.40. The molecule has 2 unspecified atom stereocenters. The van der Waals surface area contributed by atoms with E-state index in [-0.39, 0.29) is 18.1 Å². The molecule has 0 bridgehead atoms. The number of hydrogen-bond acceptors (Lipinski definition) is 5. The maximum Gasteiger partial charge on any atom is 0.334 e. The van der Waals surface area contributed by atoms with E-state index in [1.165, 1.54) is 7.11 Å². The summed E-state index contributed by atoms with van der Waals surface area (Å²) in [5.74, 6) is -2.30. The molecule has 0 saturated carbocycles.